The van der Waals surface area contributed by atoms with Crippen molar-refractivity contribution in [2.45, 2.75) is 44.3 Å². The first kappa shape index (κ1) is 26.3. The first-order valence-electron chi connectivity index (χ1n) is 14.0. The second kappa shape index (κ2) is 9.93. The highest BCUT2D eigenvalue weighted by atomic mass is 16.5. The third kappa shape index (κ3) is 4.31. The molecule has 1 N–H and O–H groups in total. The molecule has 0 aliphatic heterocycles. The van der Waals surface area contributed by atoms with E-state index in [1.54, 1.807) is 13.8 Å². The molecule has 40 heavy (non-hydrogen) atoms. The highest BCUT2D eigenvalue weighted by molar-refractivity contribution is 6.47. The molecule has 6 rings (SSSR count). The Morgan fingerprint density at radius 1 is 0.575 bits per heavy atom. The van der Waals surface area contributed by atoms with E-state index in [0.29, 0.717) is 7.48 Å². The predicted molar refractivity (Wildman–Crippen MR) is 167 cm³/mol. The average molecular weight is 522 g/mol. The molecular formula is C37H35BO2. The quantitative estimate of drug-likeness (QED) is 0.224. The first-order chi connectivity index (χ1) is 19.2. The van der Waals surface area contributed by atoms with Crippen LogP contribution in [0.15, 0.2) is 127 Å². The van der Waals surface area contributed by atoms with E-state index < -0.39 is 16.6 Å². The van der Waals surface area contributed by atoms with Gasteiger partial charge in [-0.2, -0.15) is 0 Å². The lowest BCUT2D eigenvalue weighted by Gasteiger charge is -2.37. The second-order valence-corrected chi connectivity index (χ2v) is 11.8. The van der Waals surface area contributed by atoms with Crippen LogP contribution in [0.5, 0.6) is 0 Å². The molecule has 1 aliphatic carbocycles. The van der Waals surface area contributed by atoms with Crippen molar-refractivity contribution in [2.75, 3.05) is 0 Å². The first-order valence-corrected chi connectivity index (χ1v) is 14.0. The summed E-state index contributed by atoms with van der Waals surface area (Å²) in [6, 6.07) is 46.1. The van der Waals surface area contributed by atoms with Crippen LogP contribution < -0.4 is 5.46 Å². The minimum atomic E-state index is -0.947. The van der Waals surface area contributed by atoms with Gasteiger partial charge in [-0.25, -0.2) is 0 Å². The maximum atomic E-state index is 10.5. The van der Waals surface area contributed by atoms with Gasteiger partial charge in [0.05, 0.1) is 16.6 Å². The van der Waals surface area contributed by atoms with E-state index in [9.17, 15) is 5.11 Å². The standard InChI is InChI=1S/C37H35BO2/c1-35(2,39)36(3,4)40-38-30-19-13-14-26(24-30)27-22-23-32-31-20-11-12-21-33(31)37(34(32)25-27,28-15-7-5-8-16-28)29-17-9-6-10-18-29/h5-25,38-39H,1-4H3. The Bertz CT molecular complexity index is 1610. The number of rotatable bonds is 7. The van der Waals surface area contributed by atoms with Crippen molar-refractivity contribution in [3.63, 3.8) is 0 Å². The summed E-state index contributed by atoms with van der Waals surface area (Å²) in [5.74, 6) is 0. The van der Waals surface area contributed by atoms with Crippen molar-refractivity contribution in [1.29, 1.82) is 0 Å². The lowest BCUT2D eigenvalue weighted by atomic mass is 9.67. The van der Waals surface area contributed by atoms with Crippen LogP contribution in [0, 0.1) is 0 Å². The molecule has 1 aliphatic rings. The molecule has 198 valence electrons. The van der Waals surface area contributed by atoms with E-state index in [0.717, 1.165) is 11.0 Å². The smallest absolute Gasteiger partial charge is 0.309 e. The van der Waals surface area contributed by atoms with E-state index in [4.69, 9.17) is 4.65 Å². The van der Waals surface area contributed by atoms with Crippen molar-refractivity contribution in [3.8, 4) is 22.3 Å². The van der Waals surface area contributed by atoms with Gasteiger partial charge in [0, 0.05) is 0 Å². The summed E-state index contributed by atoms with van der Waals surface area (Å²) in [7, 11) is 0.430. The third-order valence-corrected chi connectivity index (χ3v) is 8.79. The maximum Gasteiger partial charge on any atom is 0.309 e. The molecule has 0 atom stereocenters. The molecule has 0 saturated heterocycles. The van der Waals surface area contributed by atoms with Gasteiger partial charge in [0.2, 0.25) is 0 Å². The Labute approximate surface area is 238 Å². The highest BCUT2D eigenvalue weighted by Crippen LogP contribution is 2.56. The predicted octanol–water partition coefficient (Wildman–Crippen LogP) is 7.26. The zero-order valence-electron chi connectivity index (χ0n) is 23.7. The van der Waals surface area contributed by atoms with Crippen LogP contribution in [0.2, 0.25) is 0 Å². The van der Waals surface area contributed by atoms with Crippen molar-refractivity contribution in [3.05, 3.63) is 150 Å². The Hall–Kier alpha value is -3.92. The summed E-state index contributed by atoms with van der Waals surface area (Å²) in [5, 5.41) is 10.5. The summed E-state index contributed by atoms with van der Waals surface area (Å²) in [5.41, 5.74) is 9.07. The Kier molecular flexibility index (Phi) is 6.53. The van der Waals surface area contributed by atoms with Gasteiger partial charge in [-0.3, -0.25) is 0 Å². The van der Waals surface area contributed by atoms with Crippen molar-refractivity contribution in [1.82, 2.24) is 0 Å². The van der Waals surface area contributed by atoms with Gasteiger partial charge in [-0.05, 0) is 78.3 Å². The summed E-state index contributed by atoms with van der Waals surface area (Å²) in [6.45, 7) is 7.44. The van der Waals surface area contributed by atoms with Crippen LogP contribution in [0.3, 0.4) is 0 Å². The molecule has 0 fully saturated rings. The summed E-state index contributed by atoms with van der Waals surface area (Å²) in [6.07, 6.45) is 0. The molecule has 0 heterocycles. The monoisotopic (exact) mass is 522 g/mol. The topological polar surface area (TPSA) is 29.5 Å². The van der Waals surface area contributed by atoms with E-state index in [-0.39, 0.29) is 0 Å². The molecule has 0 amide bonds. The molecule has 0 bridgehead atoms. The molecule has 0 spiro atoms. The normalized spacial score (nSPS) is 13.9. The highest BCUT2D eigenvalue weighted by Gasteiger charge is 2.46. The van der Waals surface area contributed by atoms with Gasteiger partial charge in [0.1, 0.15) is 0 Å². The van der Waals surface area contributed by atoms with E-state index in [1.165, 1.54) is 38.9 Å². The molecular weight excluding hydrogens is 487 g/mol. The zero-order chi connectivity index (χ0) is 28.0. The minimum Gasteiger partial charge on any atom is -0.427 e. The molecule has 0 aromatic heterocycles. The lowest BCUT2D eigenvalue weighted by Crippen LogP contribution is -2.49. The van der Waals surface area contributed by atoms with Crippen LogP contribution in [0.4, 0.5) is 0 Å². The Morgan fingerprint density at radius 3 is 1.80 bits per heavy atom. The number of benzene rings is 5. The fourth-order valence-corrected chi connectivity index (χ4v) is 5.91. The molecule has 5 aromatic rings. The third-order valence-electron chi connectivity index (χ3n) is 8.79. The van der Waals surface area contributed by atoms with E-state index in [2.05, 4.69) is 127 Å². The SMILES string of the molecule is CC(C)(O)C(C)(C)OBc1cccc(-c2ccc3c(c2)C(c2ccccc2)(c2ccccc2)c2ccccc2-3)c1. The van der Waals surface area contributed by atoms with E-state index in [1.807, 2.05) is 13.8 Å². The number of fused-ring (bicyclic) bond motifs is 3. The van der Waals surface area contributed by atoms with Crippen molar-refractivity contribution < 1.29 is 9.76 Å². The minimum absolute atomic E-state index is 0.415. The maximum absolute atomic E-state index is 10.5. The van der Waals surface area contributed by atoms with Crippen molar-refractivity contribution in [2.24, 2.45) is 0 Å². The van der Waals surface area contributed by atoms with Gasteiger partial charge >= 0.3 is 7.48 Å². The number of hydrogen-bond donors (Lipinski definition) is 1. The molecule has 0 saturated carbocycles. The number of hydrogen-bond acceptors (Lipinski definition) is 2. The summed E-state index contributed by atoms with van der Waals surface area (Å²) in [4.78, 5) is 0. The van der Waals surface area contributed by atoms with Gasteiger partial charge in [-0.1, -0.05) is 127 Å². The fraction of sp³-hybridized carbons (Fsp3) is 0.189. The van der Waals surface area contributed by atoms with Crippen LogP contribution >= 0.6 is 0 Å². The van der Waals surface area contributed by atoms with Crippen LogP contribution in [-0.2, 0) is 10.1 Å². The van der Waals surface area contributed by atoms with Gasteiger partial charge in [-0.15, -0.1) is 0 Å². The summed E-state index contributed by atoms with van der Waals surface area (Å²) < 4.78 is 6.19. The molecule has 0 radical (unpaired) electrons. The molecule has 3 heteroatoms. The molecule has 2 nitrogen and oxygen atoms in total. The Morgan fingerprint density at radius 2 is 1.15 bits per heavy atom. The molecule has 5 aromatic carbocycles. The van der Waals surface area contributed by atoms with Gasteiger partial charge in [0.15, 0.2) is 0 Å². The fourth-order valence-electron chi connectivity index (χ4n) is 5.91. The molecule has 0 unspecified atom stereocenters. The second-order valence-electron chi connectivity index (χ2n) is 11.8. The average Bonchev–Trinajstić information content (AvgIpc) is 3.27. The van der Waals surface area contributed by atoms with E-state index >= 15 is 0 Å². The van der Waals surface area contributed by atoms with Crippen LogP contribution in [0.25, 0.3) is 22.3 Å². The Balaban J connectivity index is 1.50. The lowest BCUT2D eigenvalue weighted by molar-refractivity contribution is -0.0893. The van der Waals surface area contributed by atoms with Crippen LogP contribution in [0.1, 0.15) is 49.9 Å². The number of aliphatic hydroxyl groups is 1. The zero-order valence-corrected chi connectivity index (χ0v) is 23.7. The summed E-state index contributed by atoms with van der Waals surface area (Å²) >= 11 is 0. The van der Waals surface area contributed by atoms with Gasteiger partial charge < -0.3 is 9.76 Å². The largest absolute Gasteiger partial charge is 0.427 e. The van der Waals surface area contributed by atoms with Gasteiger partial charge in [0.25, 0.3) is 0 Å². The van der Waals surface area contributed by atoms with Crippen molar-refractivity contribution >= 4 is 12.9 Å². The van der Waals surface area contributed by atoms with Crippen LogP contribution in [-0.4, -0.2) is 23.8 Å².